The summed E-state index contributed by atoms with van der Waals surface area (Å²) in [7, 11) is 0. The summed E-state index contributed by atoms with van der Waals surface area (Å²) in [4.78, 5) is 23.3. The maximum atomic E-state index is 13.6. The number of esters is 1. The maximum absolute atomic E-state index is 13.6. The number of nitrogens with two attached hydrogens (primary N) is 1. The predicted molar refractivity (Wildman–Crippen MR) is 84.9 cm³/mol. The zero-order valence-electron chi connectivity index (χ0n) is 12.2. The molecule has 0 bridgehead atoms. The van der Waals surface area contributed by atoms with Gasteiger partial charge in [-0.3, -0.25) is 4.79 Å². The molecule has 0 aliphatic carbocycles. The summed E-state index contributed by atoms with van der Waals surface area (Å²) in [5.74, 6) is -2.98. The van der Waals surface area contributed by atoms with Crippen LogP contribution in [0.4, 0.5) is 8.78 Å². The van der Waals surface area contributed by atoms with Crippen LogP contribution in [-0.2, 0) is 14.3 Å². The molecule has 0 saturated carbocycles. The van der Waals surface area contributed by atoms with Gasteiger partial charge in [0.05, 0.1) is 5.02 Å². The lowest BCUT2D eigenvalue weighted by Crippen LogP contribution is -2.25. The van der Waals surface area contributed by atoms with Crippen LogP contribution in [0.3, 0.4) is 0 Å². The minimum absolute atomic E-state index is 0.00789. The number of primary amides is 1. The number of rotatable bonds is 5. The zero-order chi connectivity index (χ0) is 17.7. The molecule has 1 amide bonds. The first kappa shape index (κ1) is 17.6. The molecule has 7 heteroatoms. The normalized spacial score (nSPS) is 12.1. The van der Waals surface area contributed by atoms with Crippen LogP contribution in [0.5, 0.6) is 0 Å². The van der Waals surface area contributed by atoms with Crippen LogP contribution in [0.15, 0.2) is 48.5 Å². The number of hydrogen-bond donors (Lipinski definition) is 1. The smallest absolute Gasteiger partial charge is 0.331 e. The quantitative estimate of drug-likeness (QED) is 0.663. The topological polar surface area (TPSA) is 69.4 Å². The third-order valence-electron chi connectivity index (χ3n) is 3.05. The molecular formula is C17H12ClF2NO3. The Kier molecular flexibility index (Phi) is 5.65. The van der Waals surface area contributed by atoms with Gasteiger partial charge in [0.25, 0.3) is 5.91 Å². The van der Waals surface area contributed by atoms with Gasteiger partial charge in [0, 0.05) is 17.2 Å². The molecule has 0 saturated heterocycles. The molecule has 24 heavy (non-hydrogen) atoms. The molecule has 0 heterocycles. The molecule has 4 nitrogen and oxygen atoms in total. The van der Waals surface area contributed by atoms with Gasteiger partial charge in [0.1, 0.15) is 11.6 Å². The van der Waals surface area contributed by atoms with Crippen LogP contribution < -0.4 is 5.73 Å². The summed E-state index contributed by atoms with van der Waals surface area (Å²) in [5.41, 5.74) is 5.42. The van der Waals surface area contributed by atoms with E-state index < -0.39 is 29.6 Å². The minimum Gasteiger partial charge on any atom is -0.444 e. The first-order chi connectivity index (χ1) is 11.4. The second kappa shape index (κ2) is 7.70. The third-order valence-corrected chi connectivity index (χ3v) is 3.38. The standard InChI is InChI=1S/C17H12ClF2NO3/c18-13-2-1-3-14(20)12(13)8-9-15(22)24-16(17(21)23)10-4-6-11(19)7-5-10/h1-9,16H,(H2,21,23)/b9-8+. The zero-order valence-corrected chi connectivity index (χ0v) is 13.0. The fourth-order valence-electron chi connectivity index (χ4n) is 1.90. The Hall–Kier alpha value is -2.73. The van der Waals surface area contributed by atoms with Crippen molar-refractivity contribution in [3.05, 3.63) is 76.3 Å². The van der Waals surface area contributed by atoms with Crippen LogP contribution in [0.25, 0.3) is 6.08 Å². The maximum Gasteiger partial charge on any atom is 0.331 e. The fourth-order valence-corrected chi connectivity index (χ4v) is 2.13. The van der Waals surface area contributed by atoms with E-state index in [-0.39, 0.29) is 16.1 Å². The molecule has 0 radical (unpaired) electrons. The van der Waals surface area contributed by atoms with Crippen LogP contribution in [0.1, 0.15) is 17.2 Å². The van der Waals surface area contributed by atoms with E-state index in [0.717, 1.165) is 24.3 Å². The number of carbonyl (C=O) groups excluding carboxylic acids is 2. The molecule has 2 rings (SSSR count). The number of amides is 1. The van der Waals surface area contributed by atoms with E-state index >= 15 is 0 Å². The van der Waals surface area contributed by atoms with Gasteiger partial charge in [-0.25, -0.2) is 13.6 Å². The van der Waals surface area contributed by atoms with Gasteiger partial charge in [-0.1, -0.05) is 29.8 Å². The number of carbonyl (C=O) groups is 2. The van der Waals surface area contributed by atoms with Gasteiger partial charge in [-0.05, 0) is 30.3 Å². The molecule has 0 aliphatic heterocycles. The molecule has 0 spiro atoms. The van der Waals surface area contributed by atoms with Gasteiger partial charge in [-0.2, -0.15) is 0 Å². The van der Waals surface area contributed by atoms with Crippen LogP contribution >= 0.6 is 11.6 Å². The monoisotopic (exact) mass is 351 g/mol. The molecular weight excluding hydrogens is 340 g/mol. The third kappa shape index (κ3) is 4.39. The summed E-state index contributed by atoms with van der Waals surface area (Å²) in [6, 6.07) is 8.82. The SMILES string of the molecule is NC(=O)C(OC(=O)/C=C/c1c(F)cccc1Cl)c1ccc(F)cc1. The largest absolute Gasteiger partial charge is 0.444 e. The minimum atomic E-state index is -1.39. The van der Waals surface area contributed by atoms with Crippen molar-refractivity contribution in [3.63, 3.8) is 0 Å². The Balaban J connectivity index is 2.15. The molecule has 2 aromatic rings. The van der Waals surface area contributed by atoms with Gasteiger partial charge < -0.3 is 10.5 Å². The molecule has 2 aromatic carbocycles. The van der Waals surface area contributed by atoms with E-state index in [0.29, 0.717) is 0 Å². The van der Waals surface area contributed by atoms with Gasteiger partial charge in [-0.15, -0.1) is 0 Å². The molecule has 1 unspecified atom stereocenters. The van der Waals surface area contributed by atoms with E-state index in [4.69, 9.17) is 22.1 Å². The van der Waals surface area contributed by atoms with Crippen molar-refractivity contribution < 1.29 is 23.1 Å². The molecule has 2 N–H and O–H groups in total. The first-order valence-corrected chi connectivity index (χ1v) is 7.14. The number of ether oxygens (including phenoxy) is 1. The Morgan fingerprint density at radius 3 is 2.38 bits per heavy atom. The predicted octanol–water partition coefficient (Wildman–Crippen LogP) is 3.40. The van der Waals surface area contributed by atoms with E-state index in [1.165, 1.54) is 30.3 Å². The fraction of sp³-hybridized carbons (Fsp3) is 0.0588. The van der Waals surface area contributed by atoms with Crippen molar-refractivity contribution in [2.45, 2.75) is 6.10 Å². The lowest BCUT2D eigenvalue weighted by atomic mass is 10.1. The van der Waals surface area contributed by atoms with Crippen molar-refractivity contribution in [2.75, 3.05) is 0 Å². The lowest BCUT2D eigenvalue weighted by Gasteiger charge is -2.13. The summed E-state index contributed by atoms with van der Waals surface area (Å²) >= 11 is 5.83. The van der Waals surface area contributed by atoms with Gasteiger partial charge in [0.2, 0.25) is 6.10 Å². The van der Waals surface area contributed by atoms with Crippen LogP contribution in [0, 0.1) is 11.6 Å². The highest BCUT2D eigenvalue weighted by Gasteiger charge is 2.21. The van der Waals surface area contributed by atoms with Crippen molar-refractivity contribution >= 4 is 29.6 Å². The van der Waals surface area contributed by atoms with Crippen molar-refractivity contribution in [1.29, 1.82) is 0 Å². The highest BCUT2D eigenvalue weighted by Crippen LogP contribution is 2.21. The van der Waals surface area contributed by atoms with Gasteiger partial charge in [0.15, 0.2) is 0 Å². The second-order valence-electron chi connectivity index (χ2n) is 4.74. The van der Waals surface area contributed by atoms with Crippen LogP contribution in [-0.4, -0.2) is 11.9 Å². The molecule has 1 atom stereocenters. The molecule has 0 fully saturated rings. The summed E-state index contributed by atoms with van der Waals surface area (Å²) in [6.07, 6.45) is 0.658. The molecule has 0 aromatic heterocycles. The van der Waals surface area contributed by atoms with Crippen molar-refractivity contribution in [2.24, 2.45) is 5.73 Å². The van der Waals surface area contributed by atoms with Crippen molar-refractivity contribution in [1.82, 2.24) is 0 Å². The number of hydrogen-bond acceptors (Lipinski definition) is 3. The van der Waals surface area contributed by atoms with E-state index in [1.807, 2.05) is 0 Å². The highest BCUT2D eigenvalue weighted by atomic mass is 35.5. The first-order valence-electron chi connectivity index (χ1n) is 6.76. The van der Waals surface area contributed by atoms with E-state index in [9.17, 15) is 18.4 Å². The average Bonchev–Trinajstić information content (AvgIpc) is 2.53. The summed E-state index contributed by atoms with van der Waals surface area (Å²) < 4.78 is 31.5. The Bertz CT molecular complexity index is 771. The Morgan fingerprint density at radius 1 is 1.12 bits per heavy atom. The van der Waals surface area contributed by atoms with Gasteiger partial charge >= 0.3 is 5.97 Å². The number of halogens is 3. The summed E-state index contributed by atoms with van der Waals surface area (Å²) in [5, 5.41) is 0.115. The molecule has 124 valence electrons. The lowest BCUT2D eigenvalue weighted by molar-refractivity contribution is -0.150. The summed E-state index contributed by atoms with van der Waals surface area (Å²) in [6.45, 7) is 0. The van der Waals surface area contributed by atoms with Crippen LogP contribution in [0.2, 0.25) is 5.02 Å². The van der Waals surface area contributed by atoms with E-state index in [2.05, 4.69) is 0 Å². The number of benzene rings is 2. The van der Waals surface area contributed by atoms with E-state index in [1.54, 1.807) is 0 Å². The Morgan fingerprint density at radius 2 is 1.79 bits per heavy atom. The highest BCUT2D eigenvalue weighted by molar-refractivity contribution is 6.32. The second-order valence-corrected chi connectivity index (χ2v) is 5.15. The average molecular weight is 352 g/mol. The molecule has 0 aliphatic rings. The van der Waals surface area contributed by atoms with Crippen molar-refractivity contribution in [3.8, 4) is 0 Å². The Labute approximate surface area is 141 Å².